The van der Waals surface area contributed by atoms with Crippen molar-refractivity contribution in [3.05, 3.63) is 47.1 Å². The lowest BCUT2D eigenvalue weighted by Gasteiger charge is -2.42. The summed E-state index contributed by atoms with van der Waals surface area (Å²) in [5, 5.41) is 30.8. The number of aliphatic hydroxyl groups is 3. The molecule has 2 saturated carbocycles. The summed E-state index contributed by atoms with van der Waals surface area (Å²) in [6, 6.07) is 0. The Hall–Kier alpha value is -1.16. The normalized spacial score (nSPS) is 34.7. The van der Waals surface area contributed by atoms with Gasteiger partial charge in [-0.2, -0.15) is 0 Å². The molecule has 0 aromatic carbocycles. The molecule has 5 atom stereocenters. The fraction of sp³-hybridized carbons (Fsp3) is 0.724. The summed E-state index contributed by atoms with van der Waals surface area (Å²) in [5.41, 5.74) is 4.65. The Bertz CT molecular complexity index is 769. The predicted molar refractivity (Wildman–Crippen MR) is 133 cm³/mol. The summed E-state index contributed by atoms with van der Waals surface area (Å²) in [6.07, 6.45) is 16.3. The molecule has 0 heterocycles. The van der Waals surface area contributed by atoms with E-state index in [2.05, 4.69) is 52.5 Å². The van der Waals surface area contributed by atoms with Crippen molar-refractivity contribution in [2.45, 2.75) is 116 Å². The van der Waals surface area contributed by atoms with Gasteiger partial charge in [0.2, 0.25) is 0 Å². The monoisotopic (exact) mass is 442 g/mol. The van der Waals surface area contributed by atoms with E-state index in [0.29, 0.717) is 24.7 Å². The molecule has 3 nitrogen and oxygen atoms in total. The molecule has 180 valence electrons. The van der Waals surface area contributed by atoms with Crippen molar-refractivity contribution in [1.82, 2.24) is 0 Å². The van der Waals surface area contributed by atoms with E-state index < -0.39 is 17.8 Å². The van der Waals surface area contributed by atoms with Crippen molar-refractivity contribution in [2.75, 3.05) is 0 Å². The minimum atomic E-state index is -0.626. The molecule has 32 heavy (non-hydrogen) atoms. The van der Waals surface area contributed by atoms with Crippen LogP contribution >= 0.6 is 0 Å². The Kier molecular flexibility index (Phi) is 8.28. The van der Waals surface area contributed by atoms with Crippen molar-refractivity contribution in [3.63, 3.8) is 0 Å². The van der Waals surface area contributed by atoms with E-state index in [-0.39, 0.29) is 5.41 Å². The van der Waals surface area contributed by atoms with Crippen molar-refractivity contribution < 1.29 is 15.3 Å². The lowest BCUT2D eigenvalue weighted by molar-refractivity contribution is 0.0204. The van der Waals surface area contributed by atoms with E-state index in [4.69, 9.17) is 0 Å². The second-order valence-corrected chi connectivity index (χ2v) is 11.0. The lowest BCUT2D eigenvalue weighted by Crippen LogP contribution is -2.32. The number of hydrogen-bond acceptors (Lipinski definition) is 3. The minimum Gasteiger partial charge on any atom is -0.393 e. The van der Waals surface area contributed by atoms with Crippen molar-refractivity contribution in [3.8, 4) is 0 Å². The van der Waals surface area contributed by atoms with Crippen LogP contribution in [0.15, 0.2) is 47.1 Å². The second kappa shape index (κ2) is 10.4. The van der Waals surface area contributed by atoms with Gasteiger partial charge < -0.3 is 15.3 Å². The molecule has 0 radical (unpaired) electrons. The van der Waals surface area contributed by atoms with Crippen LogP contribution in [0.1, 0.15) is 98.3 Å². The maximum absolute atomic E-state index is 10.6. The molecule has 3 heteroatoms. The van der Waals surface area contributed by atoms with Crippen LogP contribution < -0.4 is 0 Å². The Balaban J connectivity index is 1.68. The van der Waals surface area contributed by atoms with Gasteiger partial charge in [0.15, 0.2) is 0 Å². The molecule has 0 aromatic heterocycles. The number of hydrogen-bond donors (Lipinski definition) is 3. The zero-order chi connectivity index (χ0) is 23.5. The van der Waals surface area contributed by atoms with Crippen LogP contribution in [0.4, 0.5) is 0 Å². The van der Waals surface area contributed by atoms with Crippen LogP contribution in [0.25, 0.3) is 0 Å². The third-order valence-corrected chi connectivity index (χ3v) is 9.00. The molecule has 3 rings (SSSR count). The summed E-state index contributed by atoms with van der Waals surface area (Å²) in [4.78, 5) is 0. The molecule has 0 spiro atoms. The average molecular weight is 443 g/mol. The van der Waals surface area contributed by atoms with E-state index in [1.807, 2.05) is 0 Å². The molecular formula is C29H46O3. The quantitative estimate of drug-likeness (QED) is 0.381. The van der Waals surface area contributed by atoms with Gasteiger partial charge >= 0.3 is 0 Å². The van der Waals surface area contributed by atoms with Gasteiger partial charge in [-0.05, 0) is 86.2 Å². The third kappa shape index (κ3) is 5.32. The van der Waals surface area contributed by atoms with Gasteiger partial charge in [-0.3, -0.25) is 0 Å². The maximum atomic E-state index is 10.6. The predicted octanol–water partition coefficient (Wildman–Crippen LogP) is 6.41. The Morgan fingerprint density at radius 2 is 1.97 bits per heavy atom. The first-order valence-electron chi connectivity index (χ1n) is 13.0. The van der Waals surface area contributed by atoms with Crippen LogP contribution in [0.3, 0.4) is 0 Å². The first-order chi connectivity index (χ1) is 15.1. The van der Waals surface area contributed by atoms with Gasteiger partial charge in [0.1, 0.15) is 0 Å². The van der Waals surface area contributed by atoms with Crippen molar-refractivity contribution >= 4 is 0 Å². The van der Waals surface area contributed by atoms with Crippen molar-refractivity contribution in [2.24, 2.45) is 17.3 Å². The number of allylic oxidation sites excluding steroid dienone is 5. The Morgan fingerprint density at radius 3 is 2.66 bits per heavy atom. The van der Waals surface area contributed by atoms with E-state index >= 15 is 0 Å². The van der Waals surface area contributed by atoms with Gasteiger partial charge in [0.05, 0.1) is 17.8 Å². The molecule has 0 aromatic rings. The first kappa shape index (κ1) is 25.5. The summed E-state index contributed by atoms with van der Waals surface area (Å²) >= 11 is 0. The second-order valence-electron chi connectivity index (χ2n) is 11.0. The van der Waals surface area contributed by atoms with Gasteiger partial charge in [-0.1, -0.05) is 70.1 Å². The van der Waals surface area contributed by atoms with Crippen molar-refractivity contribution in [1.29, 1.82) is 0 Å². The Labute approximate surface area is 196 Å². The molecule has 3 aliphatic rings. The van der Waals surface area contributed by atoms with Gasteiger partial charge in [0.25, 0.3) is 0 Å². The largest absolute Gasteiger partial charge is 0.393 e. The standard InChI is InChI=1S/C29H46O3/c1-6-29(32,7-2)17-8-10-20(3)25-14-15-26-22(11-9-16-28(25,26)5)12-13-23-18-24(30)19-27(31)21(23)4/h12-14,20,24,26-27,30-32H,4,6-11,15-19H2,1-3,5H3/t20-,24+,26?,27-,28+/m0/s1. The van der Waals surface area contributed by atoms with Crippen LogP contribution in [0.5, 0.6) is 0 Å². The van der Waals surface area contributed by atoms with E-state index in [1.54, 1.807) is 5.57 Å². The van der Waals surface area contributed by atoms with Gasteiger partial charge in [-0.25, -0.2) is 0 Å². The highest BCUT2D eigenvalue weighted by atomic mass is 16.3. The smallest absolute Gasteiger partial charge is 0.0811 e. The fourth-order valence-corrected chi connectivity index (χ4v) is 6.58. The highest BCUT2D eigenvalue weighted by Crippen LogP contribution is 2.57. The molecule has 3 aliphatic carbocycles. The minimum absolute atomic E-state index is 0.233. The van der Waals surface area contributed by atoms with Crippen LogP contribution in [-0.2, 0) is 0 Å². The average Bonchev–Trinajstić information content (AvgIpc) is 3.12. The number of rotatable bonds is 8. The fourth-order valence-electron chi connectivity index (χ4n) is 6.58. The molecule has 0 amide bonds. The zero-order valence-corrected chi connectivity index (χ0v) is 20.9. The lowest BCUT2D eigenvalue weighted by atomic mass is 9.62. The van der Waals surface area contributed by atoms with E-state index in [0.717, 1.165) is 56.1 Å². The van der Waals surface area contributed by atoms with Crippen LogP contribution in [0, 0.1) is 17.3 Å². The number of fused-ring (bicyclic) bond motifs is 1. The highest BCUT2D eigenvalue weighted by Gasteiger charge is 2.45. The van der Waals surface area contributed by atoms with E-state index in [9.17, 15) is 15.3 Å². The van der Waals surface area contributed by atoms with Gasteiger partial charge in [-0.15, -0.1) is 0 Å². The topological polar surface area (TPSA) is 60.7 Å². The molecule has 3 N–H and O–H groups in total. The van der Waals surface area contributed by atoms with Crippen LogP contribution in [-0.4, -0.2) is 33.1 Å². The number of aliphatic hydroxyl groups excluding tert-OH is 2. The molecule has 2 fully saturated rings. The summed E-state index contributed by atoms with van der Waals surface area (Å²) in [6.45, 7) is 13.1. The van der Waals surface area contributed by atoms with Gasteiger partial charge in [0, 0.05) is 6.42 Å². The first-order valence-corrected chi connectivity index (χ1v) is 13.0. The van der Waals surface area contributed by atoms with Crippen LogP contribution in [0.2, 0.25) is 0 Å². The highest BCUT2D eigenvalue weighted by molar-refractivity contribution is 5.40. The Morgan fingerprint density at radius 1 is 1.25 bits per heavy atom. The molecule has 0 bridgehead atoms. The van der Waals surface area contributed by atoms with E-state index in [1.165, 1.54) is 18.4 Å². The summed E-state index contributed by atoms with van der Waals surface area (Å²) in [5.74, 6) is 1.12. The molecular weight excluding hydrogens is 396 g/mol. The molecule has 0 aliphatic heterocycles. The third-order valence-electron chi connectivity index (χ3n) is 9.00. The maximum Gasteiger partial charge on any atom is 0.0811 e. The molecule has 1 unspecified atom stereocenters. The SMILES string of the molecule is C=C1C(=CC=C2CCC[C@]3(C)C([C@@H](C)CCCC(O)(CC)CC)=CCC23)C[C@@H](O)C[C@@H]1O. The zero-order valence-electron chi connectivity index (χ0n) is 20.9. The summed E-state index contributed by atoms with van der Waals surface area (Å²) in [7, 11) is 0. The summed E-state index contributed by atoms with van der Waals surface area (Å²) < 4.78 is 0. The molecule has 0 saturated heterocycles.